The zero-order valence-electron chi connectivity index (χ0n) is 57.3. The maximum Gasteiger partial charge on any atom is 0.306 e. The lowest BCUT2D eigenvalue weighted by molar-refractivity contribution is -0.870. The van der Waals surface area contributed by atoms with E-state index in [1.54, 1.807) is 0 Å². The van der Waals surface area contributed by atoms with Gasteiger partial charge in [0, 0.05) is 12.8 Å². The number of esters is 2. The van der Waals surface area contributed by atoms with Crippen molar-refractivity contribution in [2.75, 3.05) is 47.5 Å². The van der Waals surface area contributed by atoms with Crippen molar-refractivity contribution in [2.24, 2.45) is 0 Å². The molecule has 0 aromatic rings. The van der Waals surface area contributed by atoms with Gasteiger partial charge in [0.2, 0.25) is 0 Å². The second-order valence-corrected chi connectivity index (χ2v) is 28.1. The lowest BCUT2D eigenvalue weighted by atomic mass is 10.0. The van der Waals surface area contributed by atoms with Gasteiger partial charge in [-0.1, -0.05) is 352 Å². The molecule has 0 aliphatic heterocycles. The van der Waals surface area contributed by atoms with Crippen molar-refractivity contribution in [3.8, 4) is 0 Å². The number of carbonyl (C=O) groups excluding carboxylic acids is 2. The van der Waals surface area contributed by atoms with Gasteiger partial charge >= 0.3 is 11.9 Å². The van der Waals surface area contributed by atoms with Crippen LogP contribution in [-0.4, -0.2) is 70.0 Å². The predicted octanol–water partition coefficient (Wildman–Crippen LogP) is 23.6. The first-order valence-corrected chi connectivity index (χ1v) is 38.7. The average molecular weight is 1220 g/mol. The Morgan fingerprint density at radius 1 is 0.365 bits per heavy atom. The van der Waals surface area contributed by atoms with Gasteiger partial charge in [-0.05, 0) is 51.4 Å². The van der Waals surface area contributed by atoms with Gasteiger partial charge in [-0.15, -0.1) is 0 Å². The quantitative estimate of drug-likeness (QED) is 0.0195. The van der Waals surface area contributed by atoms with Gasteiger partial charge in [-0.3, -0.25) is 14.2 Å². The van der Waals surface area contributed by atoms with E-state index in [9.17, 15) is 19.0 Å². The number of unbranched alkanes of at least 4 members (excludes halogenated alkanes) is 50. The van der Waals surface area contributed by atoms with Crippen LogP contribution in [0.15, 0.2) is 36.5 Å². The van der Waals surface area contributed by atoms with E-state index < -0.39 is 26.5 Å². The number of hydrogen-bond acceptors (Lipinski definition) is 8. The fourth-order valence-corrected chi connectivity index (χ4v) is 11.9. The van der Waals surface area contributed by atoms with Gasteiger partial charge in [0.25, 0.3) is 7.82 Å². The van der Waals surface area contributed by atoms with Crippen LogP contribution in [0.2, 0.25) is 0 Å². The molecule has 0 N–H and O–H groups in total. The van der Waals surface area contributed by atoms with Gasteiger partial charge < -0.3 is 27.9 Å². The number of carbonyl (C=O) groups is 2. The molecule has 2 unspecified atom stereocenters. The Morgan fingerprint density at radius 3 is 0.941 bits per heavy atom. The van der Waals surface area contributed by atoms with Crippen molar-refractivity contribution in [2.45, 2.75) is 386 Å². The van der Waals surface area contributed by atoms with Crippen LogP contribution in [0.5, 0.6) is 0 Å². The molecule has 9 nitrogen and oxygen atoms in total. The van der Waals surface area contributed by atoms with Gasteiger partial charge in [0.15, 0.2) is 6.10 Å². The fourth-order valence-electron chi connectivity index (χ4n) is 11.2. The molecule has 0 rings (SSSR count). The van der Waals surface area contributed by atoms with E-state index in [2.05, 4.69) is 50.3 Å². The summed E-state index contributed by atoms with van der Waals surface area (Å²) in [6.45, 7) is 4.30. The molecule has 2 atom stereocenters. The van der Waals surface area contributed by atoms with Gasteiger partial charge in [-0.25, -0.2) is 0 Å². The minimum absolute atomic E-state index is 0.0280. The summed E-state index contributed by atoms with van der Waals surface area (Å²) < 4.78 is 34.4. The van der Waals surface area contributed by atoms with Crippen molar-refractivity contribution >= 4 is 19.8 Å². The first-order valence-electron chi connectivity index (χ1n) is 37.2. The summed E-state index contributed by atoms with van der Waals surface area (Å²) >= 11 is 0. The SMILES string of the molecule is CCCCCCC/C=C\C/C=C\C/C=C\CCCCCCCCCCCCCCCCCCC(=O)OC(COC(=O)CCCCCCCCCCCCCCCCCCCCCCCCCCCCCCCC)COP(=O)([O-])OCC[N+](C)(C)C. The summed E-state index contributed by atoms with van der Waals surface area (Å²) in [6, 6.07) is 0. The summed E-state index contributed by atoms with van der Waals surface area (Å²) in [4.78, 5) is 38.1. The van der Waals surface area contributed by atoms with E-state index in [4.69, 9.17) is 18.5 Å². The monoisotopic (exact) mass is 1220 g/mol. The molecule has 502 valence electrons. The smallest absolute Gasteiger partial charge is 0.306 e. The van der Waals surface area contributed by atoms with Crippen LogP contribution in [0.1, 0.15) is 380 Å². The highest BCUT2D eigenvalue weighted by molar-refractivity contribution is 7.45. The maximum absolute atomic E-state index is 12.9. The topological polar surface area (TPSA) is 111 Å². The van der Waals surface area contributed by atoms with Crippen LogP contribution in [-0.2, 0) is 32.7 Å². The number of allylic oxidation sites excluding steroid dienone is 6. The molecule has 10 heteroatoms. The molecule has 0 spiro atoms. The molecule has 0 radical (unpaired) electrons. The standard InChI is InChI=1S/C75H144NO8P/c1-6-8-10-12-14-16-18-20-22-24-26-28-30-32-34-36-38-40-42-44-46-48-50-52-54-56-58-60-62-64-66-68-75(78)84-73(72-83-85(79,80)82-70-69-76(3,4)5)71-81-74(77)67-65-63-61-59-57-55-53-51-49-47-45-43-41-39-37-35-33-31-29-27-25-23-21-19-17-15-13-11-9-7-2/h18,20,24,26,30,32,73H,6-17,19,21-23,25,27-29,31,33-72H2,1-5H3/b20-18-,26-24-,32-30-. The van der Waals surface area contributed by atoms with E-state index in [0.29, 0.717) is 17.4 Å². The molecule has 85 heavy (non-hydrogen) atoms. The van der Waals surface area contributed by atoms with Crippen molar-refractivity contribution in [1.29, 1.82) is 0 Å². The van der Waals surface area contributed by atoms with Crippen molar-refractivity contribution in [3.05, 3.63) is 36.5 Å². The number of rotatable bonds is 70. The number of phosphoric acid groups is 1. The van der Waals surface area contributed by atoms with Gasteiger partial charge in [-0.2, -0.15) is 0 Å². The summed E-state index contributed by atoms with van der Waals surface area (Å²) in [5, 5.41) is 0. The molecule has 0 fully saturated rings. The van der Waals surface area contributed by atoms with Crippen molar-refractivity contribution in [1.82, 2.24) is 0 Å². The van der Waals surface area contributed by atoms with Gasteiger partial charge in [0.05, 0.1) is 27.7 Å². The van der Waals surface area contributed by atoms with Crippen LogP contribution < -0.4 is 4.89 Å². The summed E-state index contributed by atoms with van der Waals surface area (Å²) in [7, 11) is 1.19. The minimum atomic E-state index is -4.64. The van der Waals surface area contributed by atoms with E-state index >= 15 is 0 Å². The largest absolute Gasteiger partial charge is 0.756 e. The third-order valence-electron chi connectivity index (χ3n) is 16.9. The summed E-state index contributed by atoms with van der Waals surface area (Å²) in [5.74, 6) is -0.811. The molecule has 0 saturated carbocycles. The fraction of sp³-hybridized carbons (Fsp3) is 0.893. The molecule has 0 amide bonds. The highest BCUT2D eigenvalue weighted by Crippen LogP contribution is 2.38. The normalized spacial score (nSPS) is 13.2. The zero-order chi connectivity index (χ0) is 61.9. The number of phosphoric ester groups is 1. The lowest BCUT2D eigenvalue weighted by Gasteiger charge is -2.28. The minimum Gasteiger partial charge on any atom is -0.756 e. The van der Waals surface area contributed by atoms with Crippen molar-refractivity contribution < 1.29 is 42.1 Å². The van der Waals surface area contributed by atoms with Crippen LogP contribution >= 0.6 is 7.82 Å². The highest BCUT2D eigenvalue weighted by Gasteiger charge is 2.22. The molecule has 0 aliphatic carbocycles. The lowest BCUT2D eigenvalue weighted by Crippen LogP contribution is -2.37. The van der Waals surface area contributed by atoms with Crippen LogP contribution in [0.25, 0.3) is 0 Å². The number of likely N-dealkylation sites (N-methyl/N-ethyl adjacent to an activating group) is 1. The number of nitrogens with zero attached hydrogens (tertiary/aromatic N) is 1. The first kappa shape index (κ1) is 83.2. The Kier molecular flexibility index (Phi) is 65.3. The molecule has 0 aromatic carbocycles. The molecular formula is C75H144NO8P. The number of ether oxygens (including phenoxy) is 2. The molecule has 0 heterocycles. The van der Waals surface area contributed by atoms with Gasteiger partial charge in [0.1, 0.15) is 19.8 Å². The second kappa shape index (κ2) is 66.6. The Balaban J connectivity index is 3.97. The Bertz CT molecular complexity index is 1530. The molecule has 0 aliphatic rings. The summed E-state index contributed by atoms with van der Waals surface area (Å²) in [5.41, 5.74) is 0. The Labute approximate surface area is 529 Å². The van der Waals surface area contributed by atoms with E-state index in [1.807, 2.05) is 21.1 Å². The Morgan fingerprint density at radius 2 is 0.635 bits per heavy atom. The van der Waals surface area contributed by atoms with Crippen LogP contribution in [0, 0.1) is 0 Å². The molecule has 0 aromatic heterocycles. The predicted molar refractivity (Wildman–Crippen MR) is 365 cm³/mol. The van der Waals surface area contributed by atoms with Crippen molar-refractivity contribution in [3.63, 3.8) is 0 Å². The number of quaternary nitrogens is 1. The summed E-state index contributed by atoms with van der Waals surface area (Å²) in [6.07, 6.45) is 85.3. The number of hydrogen-bond donors (Lipinski definition) is 0. The third-order valence-corrected chi connectivity index (χ3v) is 17.9. The van der Waals surface area contributed by atoms with E-state index in [0.717, 1.165) is 51.4 Å². The van der Waals surface area contributed by atoms with Crippen LogP contribution in [0.4, 0.5) is 0 Å². The maximum atomic E-state index is 12.9. The van der Waals surface area contributed by atoms with Crippen LogP contribution in [0.3, 0.4) is 0 Å². The molecule has 0 saturated heterocycles. The molecule has 0 bridgehead atoms. The highest BCUT2D eigenvalue weighted by atomic mass is 31.2. The Hall–Kier alpha value is -1.77. The molecular weight excluding hydrogens is 1070 g/mol. The first-order chi connectivity index (χ1) is 41.5. The average Bonchev–Trinajstić information content (AvgIpc) is 3.50. The second-order valence-electron chi connectivity index (χ2n) is 26.7. The van der Waals surface area contributed by atoms with E-state index in [-0.39, 0.29) is 32.0 Å². The zero-order valence-corrected chi connectivity index (χ0v) is 58.2. The van der Waals surface area contributed by atoms with E-state index in [1.165, 1.54) is 295 Å². The third kappa shape index (κ3) is 71.2.